The third-order valence-electron chi connectivity index (χ3n) is 5.41. The molecule has 1 aromatic carbocycles. The van der Waals surface area contributed by atoms with Crippen LogP contribution < -0.4 is 15.8 Å². The molecule has 1 saturated heterocycles. The third-order valence-corrected chi connectivity index (χ3v) is 7.18. The van der Waals surface area contributed by atoms with Gasteiger partial charge in [0.05, 0.1) is 24.7 Å². The summed E-state index contributed by atoms with van der Waals surface area (Å²) in [4.78, 5) is 20.8. The van der Waals surface area contributed by atoms with E-state index in [-0.39, 0.29) is 57.5 Å². The van der Waals surface area contributed by atoms with Crippen LogP contribution in [0.2, 0.25) is 0 Å². The number of rotatable bonds is 5. The van der Waals surface area contributed by atoms with Crippen molar-refractivity contribution in [3.63, 3.8) is 0 Å². The number of hydrogen-bond acceptors (Lipinski definition) is 8. The van der Waals surface area contributed by atoms with Gasteiger partial charge in [-0.15, -0.1) is 0 Å². The number of benzene rings is 1. The van der Waals surface area contributed by atoms with Crippen molar-refractivity contribution in [2.75, 3.05) is 18.6 Å². The molecule has 0 spiro atoms. The number of nitrogens with two attached hydrogens (primary N) is 1. The summed E-state index contributed by atoms with van der Waals surface area (Å²) in [6.45, 7) is 1.57. The van der Waals surface area contributed by atoms with E-state index in [0.29, 0.717) is 0 Å². The zero-order valence-electron chi connectivity index (χ0n) is 18.1. The smallest absolute Gasteiger partial charge is 0.433 e. The van der Waals surface area contributed by atoms with Gasteiger partial charge in [-0.1, -0.05) is 0 Å². The van der Waals surface area contributed by atoms with E-state index in [9.17, 15) is 26.4 Å². The Balaban J connectivity index is 1.77. The number of nitrogens with one attached hydrogen (secondary N) is 1. The molecule has 0 saturated carbocycles. The highest BCUT2D eigenvalue weighted by Gasteiger charge is 2.34. The van der Waals surface area contributed by atoms with Crippen LogP contribution in [0, 0.1) is 0 Å². The molecule has 0 radical (unpaired) electrons. The third kappa shape index (κ3) is 4.57. The minimum atomic E-state index is -4.65. The van der Waals surface area contributed by atoms with Crippen LogP contribution in [0.5, 0.6) is 5.75 Å². The first-order chi connectivity index (χ1) is 15.9. The van der Waals surface area contributed by atoms with Gasteiger partial charge in [-0.2, -0.15) is 13.2 Å². The largest absolute Gasteiger partial charge is 0.494 e. The van der Waals surface area contributed by atoms with Gasteiger partial charge in [-0.05, 0) is 37.6 Å². The summed E-state index contributed by atoms with van der Waals surface area (Å²) in [6.07, 6.45) is -4.37. The summed E-state index contributed by atoms with van der Waals surface area (Å²) in [7, 11) is -1.91. The Hall–Kier alpha value is -3.19. The molecule has 1 fully saturated rings. The second-order valence-corrected chi connectivity index (χ2v) is 10.2. The van der Waals surface area contributed by atoms with Crippen LogP contribution in [0.1, 0.15) is 41.3 Å². The van der Waals surface area contributed by atoms with E-state index in [1.807, 2.05) is 0 Å². The molecule has 1 amide bonds. The first-order valence-electron chi connectivity index (χ1n) is 10.2. The number of carbonyl (C=O) groups excluding carboxylic acids is 1. The van der Waals surface area contributed by atoms with Crippen molar-refractivity contribution in [3.8, 4) is 17.2 Å². The second kappa shape index (κ2) is 8.55. The summed E-state index contributed by atoms with van der Waals surface area (Å²) in [5.41, 5.74) is 4.96. The van der Waals surface area contributed by atoms with Crippen molar-refractivity contribution in [3.05, 3.63) is 41.4 Å². The number of alkyl halides is 3. The molecule has 13 heteroatoms. The maximum atomic E-state index is 13.2. The van der Waals surface area contributed by atoms with Crippen LogP contribution in [0.25, 0.3) is 22.4 Å². The Morgan fingerprint density at radius 3 is 2.59 bits per heavy atom. The fourth-order valence-corrected chi connectivity index (χ4v) is 5.46. The first-order valence-corrected chi connectivity index (χ1v) is 12.0. The van der Waals surface area contributed by atoms with Gasteiger partial charge in [0.2, 0.25) is 5.89 Å². The van der Waals surface area contributed by atoms with E-state index >= 15 is 0 Å². The zero-order valence-corrected chi connectivity index (χ0v) is 19.0. The van der Waals surface area contributed by atoms with Crippen molar-refractivity contribution < 1.29 is 35.5 Å². The van der Waals surface area contributed by atoms with Crippen LogP contribution in [-0.4, -0.2) is 49.0 Å². The molecule has 1 unspecified atom stereocenters. The molecule has 3 aromatic rings. The molecule has 0 bridgehead atoms. The average Bonchev–Trinajstić information content (AvgIpc) is 3.35. The molecule has 182 valence electrons. The summed E-state index contributed by atoms with van der Waals surface area (Å²) in [5.74, 6) is -0.730. The molecule has 2 atom stereocenters. The van der Waals surface area contributed by atoms with Gasteiger partial charge in [0.1, 0.15) is 17.0 Å². The summed E-state index contributed by atoms with van der Waals surface area (Å²) >= 11 is 0. The maximum Gasteiger partial charge on any atom is 0.433 e. The highest BCUT2D eigenvalue weighted by Crippen LogP contribution is 2.37. The standard InChI is InChI=1S/C21H21F3N4O5S/c1-10(25)18-17(19(29)26-11-7-8-34(30,31)9-11)28-20(33-18)13-3-5-14(32-2)16-12(13)4-6-15(27-16)21(22,23)24/h3-6,10-11H,7-9,25H2,1-2H3,(H,26,29)/t10-,11?/m0/s1. The molecule has 1 aliphatic heterocycles. The van der Waals surface area contributed by atoms with Crippen LogP contribution in [-0.2, 0) is 16.0 Å². The van der Waals surface area contributed by atoms with Gasteiger partial charge in [0, 0.05) is 17.0 Å². The Morgan fingerprint density at radius 2 is 2.00 bits per heavy atom. The van der Waals surface area contributed by atoms with Crippen molar-refractivity contribution in [1.82, 2.24) is 15.3 Å². The highest BCUT2D eigenvalue weighted by atomic mass is 32.2. The Morgan fingerprint density at radius 1 is 1.26 bits per heavy atom. The minimum Gasteiger partial charge on any atom is -0.494 e. The number of methoxy groups -OCH3 is 1. The van der Waals surface area contributed by atoms with Crippen molar-refractivity contribution >= 4 is 26.6 Å². The fraction of sp³-hybridized carbons (Fsp3) is 0.381. The topological polar surface area (TPSA) is 137 Å². The molecule has 9 nitrogen and oxygen atoms in total. The minimum absolute atomic E-state index is 0.0209. The molecular formula is C21H21F3N4O5S. The number of oxazole rings is 1. The molecule has 1 aliphatic rings. The normalized spacial score (nSPS) is 18.7. The summed E-state index contributed by atoms with van der Waals surface area (Å²) < 4.78 is 73.9. The van der Waals surface area contributed by atoms with Crippen molar-refractivity contribution in [2.45, 2.75) is 31.6 Å². The number of ether oxygens (including phenoxy) is 1. The van der Waals surface area contributed by atoms with Gasteiger partial charge in [-0.25, -0.2) is 18.4 Å². The van der Waals surface area contributed by atoms with Gasteiger partial charge in [0.25, 0.3) is 5.91 Å². The lowest BCUT2D eigenvalue weighted by atomic mass is 10.1. The van der Waals surface area contributed by atoms with E-state index < -0.39 is 39.7 Å². The Bertz CT molecular complexity index is 1370. The Labute approximate surface area is 192 Å². The number of halogens is 3. The number of nitrogens with zero attached hydrogens (tertiary/aromatic N) is 2. The van der Waals surface area contributed by atoms with Crippen molar-refractivity contribution in [2.24, 2.45) is 5.73 Å². The van der Waals surface area contributed by atoms with Crippen LogP contribution in [0.3, 0.4) is 0 Å². The number of carbonyl (C=O) groups is 1. The van der Waals surface area contributed by atoms with Crippen LogP contribution >= 0.6 is 0 Å². The predicted octanol–water partition coefficient (Wildman–Crippen LogP) is 2.85. The predicted molar refractivity (Wildman–Crippen MR) is 116 cm³/mol. The molecule has 4 rings (SSSR count). The molecule has 3 N–H and O–H groups in total. The van der Waals surface area contributed by atoms with Crippen LogP contribution in [0.15, 0.2) is 28.7 Å². The molecular weight excluding hydrogens is 477 g/mol. The monoisotopic (exact) mass is 498 g/mol. The van der Waals surface area contributed by atoms with Gasteiger partial charge in [-0.3, -0.25) is 4.79 Å². The Kier molecular flexibility index (Phi) is 6.02. The number of hydrogen-bond donors (Lipinski definition) is 2. The molecule has 3 heterocycles. The number of fused-ring (bicyclic) bond motifs is 1. The second-order valence-electron chi connectivity index (χ2n) is 8.00. The lowest BCUT2D eigenvalue weighted by molar-refractivity contribution is -0.140. The van der Waals surface area contributed by atoms with Crippen LogP contribution in [0.4, 0.5) is 13.2 Å². The number of pyridine rings is 1. The number of aromatic nitrogens is 2. The van der Waals surface area contributed by atoms with E-state index in [0.717, 1.165) is 6.07 Å². The van der Waals surface area contributed by atoms with Gasteiger partial charge in [0.15, 0.2) is 21.3 Å². The summed E-state index contributed by atoms with van der Waals surface area (Å²) in [5, 5.41) is 2.90. The average molecular weight is 498 g/mol. The van der Waals surface area contributed by atoms with Gasteiger partial charge < -0.3 is 20.2 Å². The van der Waals surface area contributed by atoms with E-state index in [4.69, 9.17) is 14.9 Å². The maximum absolute atomic E-state index is 13.2. The first kappa shape index (κ1) is 24.0. The molecule has 34 heavy (non-hydrogen) atoms. The molecule has 0 aliphatic carbocycles. The number of sulfone groups is 1. The highest BCUT2D eigenvalue weighted by molar-refractivity contribution is 7.91. The van der Waals surface area contributed by atoms with E-state index in [1.54, 1.807) is 6.92 Å². The molecule has 2 aromatic heterocycles. The summed E-state index contributed by atoms with van der Waals surface area (Å²) in [6, 6.07) is 3.69. The zero-order chi connectivity index (χ0) is 24.8. The SMILES string of the molecule is COc1ccc(-c2nc(C(=O)NC3CCS(=O)(=O)C3)c([C@H](C)N)o2)c2ccc(C(F)(F)F)nc12. The van der Waals surface area contributed by atoms with Crippen molar-refractivity contribution in [1.29, 1.82) is 0 Å². The lowest BCUT2D eigenvalue weighted by Gasteiger charge is -2.11. The van der Waals surface area contributed by atoms with Gasteiger partial charge >= 0.3 is 6.18 Å². The lowest BCUT2D eigenvalue weighted by Crippen LogP contribution is -2.36. The van der Waals surface area contributed by atoms with E-state index in [2.05, 4.69) is 15.3 Å². The van der Waals surface area contributed by atoms with E-state index in [1.165, 1.54) is 25.3 Å². The quantitative estimate of drug-likeness (QED) is 0.548. The number of amides is 1. The fourth-order valence-electron chi connectivity index (χ4n) is 3.78.